The first-order valence-corrected chi connectivity index (χ1v) is 7.14. The average Bonchev–Trinajstić information content (AvgIpc) is 2.49. The van der Waals surface area contributed by atoms with Crippen molar-refractivity contribution in [1.82, 2.24) is 0 Å². The molecule has 0 saturated carbocycles. The largest absolute Gasteiger partial charge is 0.503 e. The second-order valence-corrected chi connectivity index (χ2v) is 5.69. The van der Waals surface area contributed by atoms with Crippen molar-refractivity contribution in [2.75, 3.05) is 6.61 Å². The molecular formula is C16H20N2O4. The smallest absolute Gasteiger partial charge is 0.303 e. The van der Waals surface area contributed by atoms with Gasteiger partial charge in [-0.05, 0) is 26.3 Å². The minimum atomic E-state index is -0.695. The molecule has 6 heteroatoms. The van der Waals surface area contributed by atoms with Crippen LogP contribution in [-0.2, 0) is 4.79 Å². The minimum absolute atomic E-state index is 0.0826. The summed E-state index contributed by atoms with van der Waals surface area (Å²) < 4.78 is 5.55. The van der Waals surface area contributed by atoms with Crippen molar-refractivity contribution >= 4 is 17.2 Å². The summed E-state index contributed by atoms with van der Waals surface area (Å²) in [7, 11) is 0. The molecule has 6 nitrogen and oxygen atoms in total. The lowest BCUT2D eigenvalue weighted by Gasteiger charge is -2.23. The number of benzene rings is 1. The fourth-order valence-corrected chi connectivity index (χ4v) is 1.90. The van der Waals surface area contributed by atoms with Gasteiger partial charge >= 0.3 is 5.69 Å². The fraction of sp³-hybridized carbons (Fsp3) is 0.500. The molecule has 22 heavy (non-hydrogen) atoms. The molecule has 0 N–H and O–H groups in total. The predicted molar refractivity (Wildman–Crippen MR) is 83.2 cm³/mol. The van der Waals surface area contributed by atoms with E-state index in [0.29, 0.717) is 6.42 Å². The van der Waals surface area contributed by atoms with Gasteiger partial charge in [-0.1, -0.05) is 19.4 Å². The van der Waals surface area contributed by atoms with Gasteiger partial charge in [0.05, 0.1) is 23.5 Å². The highest BCUT2D eigenvalue weighted by Gasteiger charge is 2.29. The van der Waals surface area contributed by atoms with E-state index in [1.54, 1.807) is 13.8 Å². The predicted octanol–water partition coefficient (Wildman–Crippen LogP) is 4.31. The Morgan fingerprint density at radius 2 is 2.14 bits per heavy atom. The van der Waals surface area contributed by atoms with Gasteiger partial charge in [-0.2, -0.15) is 0 Å². The van der Waals surface area contributed by atoms with Crippen LogP contribution in [-0.4, -0.2) is 17.3 Å². The Morgan fingerprint density at radius 3 is 2.68 bits per heavy atom. The lowest BCUT2D eigenvalue weighted by Crippen LogP contribution is -2.31. The lowest BCUT2D eigenvalue weighted by atomic mass is 9.86. The SMILES string of the molecule is [C-]#[N+]c1c(OCC(C)(C)C(=O)CCCC)cccc1[N+](=O)[O-]. The number of nitrogens with zero attached hydrogens (tertiary/aromatic N) is 2. The molecule has 0 aliphatic rings. The molecule has 1 aromatic rings. The molecule has 0 heterocycles. The maximum absolute atomic E-state index is 12.1. The van der Waals surface area contributed by atoms with Crippen molar-refractivity contribution in [3.63, 3.8) is 0 Å². The van der Waals surface area contributed by atoms with E-state index in [4.69, 9.17) is 11.3 Å². The molecule has 0 aliphatic carbocycles. The van der Waals surface area contributed by atoms with Gasteiger partial charge < -0.3 is 4.74 Å². The van der Waals surface area contributed by atoms with Crippen LogP contribution in [0.4, 0.5) is 11.4 Å². The van der Waals surface area contributed by atoms with Crippen molar-refractivity contribution in [2.45, 2.75) is 40.0 Å². The third-order valence-corrected chi connectivity index (χ3v) is 3.39. The van der Waals surface area contributed by atoms with Crippen LogP contribution in [0.3, 0.4) is 0 Å². The molecule has 1 aromatic carbocycles. The second-order valence-electron chi connectivity index (χ2n) is 5.69. The topological polar surface area (TPSA) is 73.8 Å². The second kappa shape index (κ2) is 7.55. The van der Waals surface area contributed by atoms with E-state index in [1.807, 2.05) is 6.92 Å². The average molecular weight is 304 g/mol. The number of hydrogen-bond acceptors (Lipinski definition) is 4. The quantitative estimate of drug-likeness (QED) is 0.407. The van der Waals surface area contributed by atoms with Crippen LogP contribution in [0, 0.1) is 22.1 Å². The van der Waals surface area contributed by atoms with Crippen LogP contribution in [0.1, 0.15) is 40.0 Å². The molecule has 0 aliphatic heterocycles. The van der Waals surface area contributed by atoms with Crippen molar-refractivity contribution in [3.8, 4) is 5.75 Å². The molecule has 0 bridgehead atoms. The van der Waals surface area contributed by atoms with Crippen LogP contribution in [0.25, 0.3) is 4.85 Å². The van der Waals surface area contributed by atoms with E-state index < -0.39 is 10.3 Å². The molecule has 0 aromatic heterocycles. The summed E-state index contributed by atoms with van der Waals surface area (Å²) in [5, 5.41) is 10.9. The number of ether oxygens (including phenoxy) is 1. The number of nitro benzene ring substituents is 1. The van der Waals surface area contributed by atoms with Gasteiger partial charge in [0, 0.05) is 12.5 Å². The van der Waals surface area contributed by atoms with Crippen molar-refractivity contribution in [2.24, 2.45) is 5.41 Å². The first-order valence-electron chi connectivity index (χ1n) is 7.14. The van der Waals surface area contributed by atoms with Gasteiger partial charge in [0.1, 0.15) is 11.5 Å². The van der Waals surface area contributed by atoms with Crippen molar-refractivity contribution in [3.05, 3.63) is 39.7 Å². The summed E-state index contributed by atoms with van der Waals surface area (Å²) in [5.41, 5.74) is -1.12. The number of unbranched alkanes of at least 4 members (excludes halogenated alkanes) is 1. The summed E-state index contributed by atoms with van der Waals surface area (Å²) in [6.45, 7) is 12.8. The summed E-state index contributed by atoms with van der Waals surface area (Å²) in [4.78, 5) is 25.6. The summed E-state index contributed by atoms with van der Waals surface area (Å²) in [5.74, 6) is 0.227. The minimum Gasteiger partial charge on any atom is -0.503 e. The number of hydrogen-bond donors (Lipinski definition) is 0. The molecule has 1 rings (SSSR count). The molecule has 0 saturated heterocycles. The first-order chi connectivity index (χ1) is 10.3. The van der Waals surface area contributed by atoms with Crippen molar-refractivity contribution in [1.29, 1.82) is 0 Å². The highest BCUT2D eigenvalue weighted by Crippen LogP contribution is 2.37. The van der Waals surface area contributed by atoms with E-state index in [0.717, 1.165) is 12.8 Å². The zero-order valence-electron chi connectivity index (χ0n) is 13.1. The third-order valence-electron chi connectivity index (χ3n) is 3.39. The van der Waals surface area contributed by atoms with Gasteiger partial charge in [0.25, 0.3) is 5.69 Å². The Kier molecular flexibility index (Phi) is 6.05. The molecule has 0 amide bonds. The number of rotatable bonds is 8. The Labute approximate surface area is 130 Å². The summed E-state index contributed by atoms with van der Waals surface area (Å²) in [6.07, 6.45) is 2.25. The Hall–Kier alpha value is -2.42. The van der Waals surface area contributed by atoms with Crippen LogP contribution in [0.5, 0.6) is 5.75 Å². The molecule has 0 radical (unpaired) electrons. The van der Waals surface area contributed by atoms with Gasteiger partial charge in [-0.3, -0.25) is 14.9 Å². The number of carbonyl (C=O) groups excluding carboxylic acids is 1. The summed E-state index contributed by atoms with van der Waals surface area (Å²) >= 11 is 0. The molecule has 0 unspecified atom stereocenters. The summed E-state index contributed by atoms with van der Waals surface area (Å²) in [6, 6.07) is 4.23. The van der Waals surface area contributed by atoms with Crippen molar-refractivity contribution < 1.29 is 14.5 Å². The van der Waals surface area contributed by atoms with E-state index in [1.165, 1.54) is 18.2 Å². The number of para-hydroxylation sites is 1. The van der Waals surface area contributed by atoms with E-state index >= 15 is 0 Å². The Morgan fingerprint density at radius 1 is 1.45 bits per heavy atom. The van der Waals surface area contributed by atoms with Gasteiger partial charge in [0.2, 0.25) is 0 Å². The molecule has 0 spiro atoms. The monoisotopic (exact) mass is 304 g/mol. The molecule has 0 fully saturated rings. The Balaban J connectivity index is 2.88. The normalized spacial score (nSPS) is 10.8. The fourth-order valence-electron chi connectivity index (χ4n) is 1.90. The molecule has 0 atom stereocenters. The first kappa shape index (κ1) is 17.6. The molecule has 118 valence electrons. The highest BCUT2D eigenvalue weighted by molar-refractivity contribution is 5.84. The number of carbonyl (C=O) groups is 1. The van der Waals surface area contributed by atoms with Gasteiger partial charge in [0.15, 0.2) is 0 Å². The maximum Gasteiger partial charge on any atom is 0.303 e. The highest BCUT2D eigenvalue weighted by atomic mass is 16.6. The van der Waals surface area contributed by atoms with Crippen LogP contribution in [0.2, 0.25) is 0 Å². The van der Waals surface area contributed by atoms with Crippen LogP contribution in [0.15, 0.2) is 18.2 Å². The zero-order chi connectivity index (χ0) is 16.8. The number of nitro groups is 1. The number of ketones is 1. The van der Waals surface area contributed by atoms with Crippen LogP contribution < -0.4 is 4.74 Å². The van der Waals surface area contributed by atoms with E-state index in [9.17, 15) is 14.9 Å². The van der Waals surface area contributed by atoms with Gasteiger partial charge in [-0.25, -0.2) is 4.85 Å². The zero-order valence-corrected chi connectivity index (χ0v) is 13.1. The van der Waals surface area contributed by atoms with E-state index in [2.05, 4.69) is 4.85 Å². The standard InChI is InChI=1S/C16H20N2O4/c1-5-6-10-14(19)16(2,3)11-22-13-9-7-8-12(18(20)21)15(13)17-4/h7-9H,5-6,10-11H2,1-3H3. The molecular weight excluding hydrogens is 284 g/mol. The lowest BCUT2D eigenvalue weighted by molar-refractivity contribution is -0.383. The maximum atomic E-state index is 12.1. The Bertz CT molecular complexity index is 603. The van der Waals surface area contributed by atoms with Crippen LogP contribution >= 0.6 is 0 Å². The van der Waals surface area contributed by atoms with Gasteiger partial charge in [-0.15, -0.1) is 0 Å². The van der Waals surface area contributed by atoms with E-state index in [-0.39, 0.29) is 29.5 Å². The third kappa shape index (κ3) is 4.29. The number of Topliss-reactive ketones (excluding diaryl/α,β-unsaturated/α-hetero) is 1.